The number of anilines is 1. The predicted molar refractivity (Wildman–Crippen MR) is 89.4 cm³/mol. The summed E-state index contributed by atoms with van der Waals surface area (Å²) in [5, 5.41) is 2.42. The van der Waals surface area contributed by atoms with Gasteiger partial charge in [0.05, 0.1) is 15.9 Å². The van der Waals surface area contributed by atoms with Gasteiger partial charge in [-0.05, 0) is 37.3 Å². The molecule has 1 aromatic heterocycles. The van der Waals surface area contributed by atoms with Gasteiger partial charge in [0.2, 0.25) is 0 Å². The van der Waals surface area contributed by atoms with Crippen LogP contribution in [0.25, 0.3) is 11.0 Å². The molecule has 24 heavy (non-hydrogen) atoms. The quantitative estimate of drug-likeness (QED) is 0.576. The van der Waals surface area contributed by atoms with Crippen LogP contribution in [0.1, 0.15) is 5.56 Å². The number of rotatable bonds is 3. The largest absolute Gasteiger partial charge is 0.333 e. The summed E-state index contributed by atoms with van der Waals surface area (Å²) in [7, 11) is -3.96. The number of H-pyrrole nitrogens is 2. The van der Waals surface area contributed by atoms with Crippen molar-refractivity contribution in [1.29, 1.82) is 0 Å². The highest BCUT2D eigenvalue weighted by Crippen LogP contribution is 2.15. The Kier molecular flexibility index (Phi) is 3.86. The molecule has 0 saturated carbocycles. The van der Waals surface area contributed by atoms with Crippen molar-refractivity contribution >= 4 is 32.8 Å². The Morgan fingerprint density at radius 2 is 1.67 bits per heavy atom. The van der Waals surface area contributed by atoms with Gasteiger partial charge in [-0.3, -0.25) is 0 Å². The molecule has 3 aromatic rings. The number of hydrogen-bond acceptors (Lipinski definition) is 4. The summed E-state index contributed by atoms with van der Waals surface area (Å²) in [6, 6.07) is 9.88. The first-order valence-corrected chi connectivity index (χ1v) is 8.44. The molecular formula is C15H14N4O4S. The Labute approximate surface area is 137 Å². The van der Waals surface area contributed by atoms with Gasteiger partial charge < -0.3 is 15.3 Å². The van der Waals surface area contributed by atoms with Crippen LogP contribution in [0.4, 0.5) is 10.5 Å². The first kappa shape index (κ1) is 15.8. The Morgan fingerprint density at radius 1 is 1.00 bits per heavy atom. The third kappa shape index (κ3) is 3.30. The molecule has 2 amide bonds. The number of sulfonamides is 1. The zero-order valence-corrected chi connectivity index (χ0v) is 13.4. The van der Waals surface area contributed by atoms with Crippen molar-refractivity contribution in [3.05, 3.63) is 58.5 Å². The lowest BCUT2D eigenvalue weighted by molar-refractivity contribution is 0.256. The van der Waals surface area contributed by atoms with Crippen LogP contribution in [0.3, 0.4) is 0 Å². The van der Waals surface area contributed by atoms with Crippen LogP contribution in [-0.2, 0) is 10.0 Å². The third-order valence-corrected chi connectivity index (χ3v) is 4.68. The van der Waals surface area contributed by atoms with Crippen LogP contribution >= 0.6 is 0 Å². The molecule has 0 aliphatic rings. The zero-order chi connectivity index (χ0) is 17.3. The second-order valence-electron chi connectivity index (χ2n) is 5.21. The number of fused-ring (bicyclic) bond motifs is 1. The first-order chi connectivity index (χ1) is 11.3. The van der Waals surface area contributed by atoms with E-state index in [1.54, 1.807) is 24.3 Å². The smallest absolute Gasteiger partial charge is 0.307 e. The highest BCUT2D eigenvalue weighted by molar-refractivity contribution is 7.90. The van der Waals surface area contributed by atoms with Crippen LogP contribution in [0.5, 0.6) is 0 Å². The number of hydrogen-bond donors (Lipinski definition) is 4. The van der Waals surface area contributed by atoms with Gasteiger partial charge in [-0.25, -0.2) is 22.7 Å². The molecule has 0 radical (unpaired) electrons. The van der Waals surface area contributed by atoms with Crippen LogP contribution in [-0.4, -0.2) is 24.4 Å². The maximum atomic E-state index is 12.1. The minimum absolute atomic E-state index is 0.00586. The summed E-state index contributed by atoms with van der Waals surface area (Å²) >= 11 is 0. The van der Waals surface area contributed by atoms with Gasteiger partial charge in [0, 0.05) is 5.69 Å². The van der Waals surface area contributed by atoms with Crippen LogP contribution in [0, 0.1) is 6.92 Å². The fraction of sp³-hybridized carbons (Fsp3) is 0.0667. The molecule has 8 nitrogen and oxygen atoms in total. The maximum Gasteiger partial charge on any atom is 0.333 e. The molecule has 9 heteroatoms. The van der Waals surface area contributed by atoms with Crippen LogP contribution in [0.2, 0.25) is 0 Å². The number of carbonyl (C=O) groups excluding carboxylic acids is 1. The van der Waals surface area contributed by atoms with Gasteiger partial charge >= 0.3 is 11.7 Å². The van der Waals surface area contributed by atoms with Crippen molar-refractivity contribution in [3.63, 3.8) is 0 Å². The second kappa shape index (κ2) is 5.85. The van der Waals surface area contributed by atoms with E-state index in [0.717, 1.165) is 5.56 Å². The fourth-order valence-corrected chi connectivity index (χ4v) is 3.07. The number of benzene rings is 2. The zero-order valence-electron chi connectivity index (χ0n) is 12.6. The average molecular weight is 346 g/mol. The van der Waals surface area contributed by atoms with Crippen molar-refractivity contribution in [3.8, 4) is 0 Å². The summed E-state index contributed by atoms with van der Waals surface area (Å²) < 4.78 is 26.2. The average Bonchev–Trinajstić information content (AvgIpc) is 2.86. The lowest BCUT2D eigenvalue weighted by atomic mass is 10.2. The summed E-state index contributed by atoms with van der Waals surface area (Å²) in [6.45, 7) is 1.83. The Hall–Kier alpha value is -3.07. The lowest BCUT2D eigenvalue weighted by Crippen LogP contribution is -2.34. The molecule has 0 spiro atoms. The standard InChI is InChI=1S/C15H14N4O4S/c1-9-2-5-11(6-3-9)24(22,23)19-15(21)16-10-4-7-12-13(8-10)18-14(20)17-12/h2-8H,1H3,(H2,16,19,21)(H2,17,18,20). The summed E-state index contributed by atoms with van der Waals surface area (Å²) in [5.41, 5.74) is 1.97. The molecule has 0 fully saturated rings. The van der Waals surface area contributed by atoms with Gasteiger partial charge in [0.15, 0.2) is 0 Å². The molecule has 124 valence electrons. The number of aryl methyl sites for hydroxylation is 1. The number of imidazole rings is 1. The number of carbonyl (C=O) groups is 1. The van der Waals surface area contributed by atoms with Crippen molar-refractivity contribution in [2.45, 2.75) is 11.8 Å². The number of urea groups is 1. The topological polar surface area (TPSA) is 124 Å². The highest BCUT2D eigenvalue weighted by Gasteiger charge is 2.17. The third-order valence-electron chi connectivity index (χ3n) is 3.33. The van der Waals surface area contributed by atoms with E-state index in [1.807, 2.05) is 11.6 Å². The van der Waals surface area contributed by atoms with Gasteiger partial charge in [0.25, 0.3) is 10.0 Å². The molecule has 0 saturated heterocycles. The molecule has 0 atom stereocenters. The number of amides is 2. The molecule has 0 unspecified atom stereocenters. The van der Waals surface area contributed by atoms with E-state index in [9.17, 15) is 18.0 Å². The summed E-state index contributed by atoms with van der Waals surface area (Å²) in [4.78, 5) is 28.2. The van der Waals surface area contributed by atoms with E-state index in [1.165, 1.54) is 18.2 Å². The van der Waals surface area contributed by atoms with Crippen LogP contribution < -0.4 is 15.7 Å². The molecule has 1 heterocycles. The van der Waals surface area contributed by atoms with E-state index in [-0.39, 0.29) is 10.6 Å². The number of nitrogens with one attached hydrogen (secondary N) is 4. The number of aromatic nitrogens is 2. The molecule has 3 rings (SSSR count). The molecule has 0 aliphatic heterocycles. The maximum absolute atomic E-state index is 12.1. The predicted octanol–water partition coefficient (Wildman–Crippen LogP) is 1.68. The molecule has 2 aromatic carbocycles. The summed E-state index contributed by atoms with van der Waals surface area (Å²) in [5.74, 6) is 0. The van der Waals surface area contributed by atoms with E-state index in [4.69, 9.17) is 0 Å². The van der Waals surface area contributed by atoms with E-state index in [0.29, 0.717) is 16.7 Å². The van der Waals surface area contributed by atoms with Gasteiger partial charge in [0.1, 0.15) is 0 Å². The Balaban J connectivity index is 1.76. The Bertz CT molecular complexity index is 1060. The molecule has 0 aliphatic carbocycles. The van der Waals surface area contributed by atoms with Gasteiger partial charge in [-0.15, -0.1) is 0 Å². The highest BCUT2D eigenvalue weighted by atomic mass is 32.2. The number of aromatic amines is 2. The first-order valence-electron chi connectivity index (χ1n) is 6.96. The molecular weight excluding hydrogens is 332 g/mol. The lowest BCUT2D eigenvalue weighted by Gasteiger charge is -2.09. The Morgan fingerprint density at radius 3 is 2.38 bits per heavy atom. The molecule has 4 N–H and O–H groups in total. The van der Waals surface area contributed by atoms with Crippen molar-refractivity contribution in [2.75, 3.05) is 5.32 Å². The van der Waals surface area contributed by atoms with Gasteiger partial charge in [-0.2, -0.15) is 0 Å². The van der Waals surface area contributed by atoms with E-state index >= 15 is 0 Å². The monoisotopic (exact) mass is 346 g/mol. The van der Waals surface area contributed by atoms with Crippen LogP contribution in [0.15, 0.2) is 52.2 Å². The second-order valence-corrected chi connectivity index (χ2v) is 6.89. The minimum atomic E-state index is -3.96. The fourth-order valence-electron chi connectivity index (χ4n) is 2.17. The van der Waals surface area contributed by atoms with Crippen molar-refractivity contribution < 1.29 is 13.2 Å². The minimum Gasteiger partial charge on any atom is -0.307 e. The van der Waals surface area contributed by atoms with Crippen molar-refractivity contribution in [1.82, 2.24) is 14.7 Å². The SMILES string of the molecule is Cc1ccc(S(=O)(=O)NC(=O)Nc2ccc3[nH]c(=O)[nH]c3c2)cc1. The van der Waals surface area contributed by atoms with Gasteiger partial charge in [-0.1, -0.05) is 17.7 Å². The summed E-state index contributed by atoms with van der Waals surface area (Å²) in [6.07, 6.45) is 0. The van der Waals surface area contributed by atoms with E-state index < -0.39 is 16.1 Å². The van der Waals surface area contributed by atoms with E-state index in [2.05, 4.69) is 15.3 Å². The van der Waals surface area contributed by atoms with Crippen molar-refractivity contribution in [2.24, 2.45) is 0 Å². The molecule has 0 bridgehead atoms. The normalized spacial score (nSPS) is 11.4.